The fraction of sp³-hybridized carbons (Fsp3) is 0.333. The smallest absolute Gasteiger partial charge is 0.193 e. The van der Waals surface area contributed by atoms with Crippen LogP contribution in [-0.4, -0.2) is 0 Å². The topological polar surface area (TPSA) is 13.1 Å². The van der Waals surface area contributed by atoms with E-state index in [4.69, 9.17) is 16.0 Å². The summed E-state index contributed by atoms with van der Waals surface area (Å²) in [6.45, 7) is 0. The van der Waals surface area contributed by atoms with E-state index in [0.717, 1.165) is 5.76 Å². The van der Waals surface area contributed by atoms with Crippen molar-refractivity contribution in [1.82, 2.24) is 0 Å². The second-order valence-corrected chi connectivity index (χ2v) is 6.03. The Morgan fingerprint density at radius 1 is 1.06 bits per heavy atom. The van der Waals surface area contributed by atoms with E-state index in [0.29, 0.717) is 5.22 Å². The van der Waals surface area contributed by atoms with Gasteiger partial charge in [0.2, 0.25) is 0 Å². The number of benzene rings is 1. The van der Waals surface area contributed by atoms with Crippen LogP contribution < -0.4 is 0 Å². The molecule has 0 bridgehead atoms. The zero-order chi connectivity index (χ0) is 12.5. The SMILES string of the molecule is Clc1ccc(C(Br)c2ccc3c(c2)CCCC3)o1. The Bertz CT molecular complexity index is 561. The van der Waals surface area contributed by atoms with Crippen LogP contribution in [0.1, 0.15) is 40.1 Å². The lowest BCUT2D eigenvalue weighted by Gasteiger charge is -2.17. The van der Waals surface area contributed by atoms with Crippen molar-refractivity contribution in [3.05, 3.63) is 58.0 Å². The van der Waals surface area contributed by atoms with Crippen molar-refractivity contribution >= 4 is 27.5 Å². The number of rotatable bonds is 2. The summed E-state index contributed by atoms with van der Waals surface area (Å²) in [6.07, 6.45) is 5.03. The van der Waals surface area contributed by atoms with Gasteiger partial charge in [-0.25, -0.2) is 0 Å². The second kappa shape index (κ2) is 5.10. The third-order valence-corrected chi connectivity index (χ3v) is 4.69. The summed E-state index contributed by atoms with van der Waals surface area (Å²) in [6, 6.07) is 10.4. The van der Waals surface area contributed by atoms with Gasteiger partial charge in [0, 0.05) is 0 Å². The average molecular weight is 326 g/mol. The van der Waals surface area contributed by atoms with E-state index in [1.54, 1.807) is 6.07 Å². The van der Waals surface area contributed by atoms with Crippen LogP contribution in [0.5, 0.6) is 0 Å². The fourth-order valence-electron chi connectivity index (χ4n) is 2.54. The lowest BCUT2D eigenvalue weighted by atomic mass is 9.90. The van der Waals surface area contributed by atoms with E-state index in [1.165, 1.54) is 42.4 Å². The van der Waals surface area contributed by atoms with Crippen molar-refractivity contribution < 1.29 is 4.42 Å². The monoisotopic (exact) mass is 324 g/mol. The Morgan fingerprint density at radius 3 is 2.56 bits per heavy atom. The lowest BCUT2D eigenvalue weighted by molar-refractivity contribution is 0.521. The van der Waals surface area contributed by atoms with Crippen LogP contribution in [-0.2, 0) is 12.8 Å². The maximum atomic E-state index is 5.82. The minimum Gasteiger partial charge on any atom is -0.448 e. The Kier molecular flexibility index (Phi) is 3.49. The van der Waals surface area contributed by atoms with Crippen molar-refractivity contribution in [2.75, 3.05) is 0 Å². The maximum Gasteiger partial charge on any atom is 0.193 e. The van der Waals surface area contributed by atoms with Gasteiger partial charge in [-0.15, -0.1) is 0 Å². The van der Waals surface area contributed by atoms with Crippen molar-refractivity contribution in [1.29, 1.82) is 0 Å². The molecule has 0 saturated heterocycles. The quantitative estimate of drug-likeness (QED) is 0.683. The molecule has 1 aromatic carbocycles. The second-order valence-electron chi connectivity index (χ2n) is 4.74. The van der Waals surface area contributed by atoms with E-state index in [2.05, 4.69) is 34.1 Å². The Hall–Kier alpha value is -0.730. The van der Waals surface area contributed by atoms with Crippen LogP contribution in [0.25, 0.3) is 0 Å². The number of alkyl halides is 1. The highest BCUT2D eigenvalue weighted by atomic mass is 79.9. The molecule has 3 rings (SSSR count). The maximum absolute atomic E-state index is 5.82. The Balaban J connectivity index is 1.92. The molecule has 0 spiro atoms. The minimum atomic E-state index is 0.0808. The summed E-state index contributed by atoms with van der Waals surface area (Å²) in [5.41, 5.74) is 4.23. The molecule has 94 valence electrons. The molecule has 0 amide bonds. The van der Waals surface area contributed by atoms with Gasteiger partial charge in [-0.2, -0.15) is 0 Å². The van der Waals surface area contributed by atoms with Crippen molar-refractivity contribution in [2.45, 2.75) is 30.5 Å². The first-order chi connectivity index (χ1) is 8.74. The summed E-state index contributed by atoms with van der Waals surface area (Å²) >= 11 is 9.50. The number of hydrogen-bond donors (Lipinski definition) is 0. The van der Waals surface area contributed by atoms with E-state index >= 15 is 0 Å². The Labute approximate surface area is 120 Å². The van der Waals surface area contributed by atoms with Crippen LogP contribution in [0.15, 0.2) is 34.7 Å². The lowest BCUT2D eigenvalue weighted by Crippen LogP contribution is -2.04. The molecule has 0 aliphatic heterocycles. The first-order valence-electron chi connectivity index (χ1n) is 6.25. The molecule has 2 aromatic rings. The fourth-order valence-corrected chi connectivity index (χ4v) is 3.22. The summed E-state index contributed by atoms with van der Waals surface area (Å²) < 4.78 is 5.46. The van der Waals surface area contributed by atoms with E-state index in [1.807, 2.05) is 6.07 Å². The zero-order valence-electron chi connectivity index (χ0n) is 9.96. The molecule has 0 fully saturated rings. The molecule has 1 atom stereocenters. The van der Waals surface area contributed by atoms with Gasteiger partial charge < -0.3 is 4.42 Å². The third kappa shape index (κ3) is 2.36. The highest BCUT2D eigenvalue weighted by Gasteiger charge is 2.17. The van der Waals surface area contributed by atoms with Gasteiger partial charge in [-0.05, 0) is 66.1 Å². The summed E-state index contributed by atoms with van der Waals surface area (Å²) in [7, 11) is 0. The predicted octanol–water partition coefficient (Wildman–Crippen LogP) is 5.30. The van der Waals surface area contributed by atoms with Gasteiger partial charge in [0.25, 0.3) is 0 Å². The van der Waals surface area contributed by atoms with Gasteiger partial charge in [0.15, 0.2) is 5.22 Å². The molecule has 1 heterocycles. The van der Waals surface area contributed by atoms with Crippen LogP contribution >= 0.6 is 27.5 Å². The molecule has 18 heavy (non-hydrogen) atoms. The molecule has 3 heteroatoms. The largest absolute Gasteiger partial charge is 0.448 e. The number of aryl methyl sites for hydroxylation is 2. The zero-order valence-corrected chi connectivity index (χ0v) is 12.3. The minimum absolute atomic E-state index is 0.0808. The molecule has 1 aliphatic carbocycles. The predicted molar refractivity (Wildman–Crippen MR) is 77.6 cm³/mol. The van der Waals surface area contributed by atoms with Gasteiger partial charge in [0.1, 0.15) is 5.76 Å². The van der Waals surface area contributed by atoms with Crippen molar-refractivity contribution in [3.63, 3.8) is 0 Å². The number of halogens is 2. The summed E-state index contributed by atoms with van der Waals surface area (Å²) in [4.78, 5) is 0.0808. The van der Waals surface area contributed by atoms with Gasteiger partial charge in [0.05, 0.1) is 4.83 Å². The van der Waals surface area contributed by atoms with Crippen molar-refractivity contribution in [2.24, 2.45) is 0 Å². The van der Waals surface area contributed by atoms with Gasteiger partial charge in [-0.1, -0.05) is 34.1 Å². The van der Waals surface area contributed by atoms with Gasteiger partial charge in [-0.3, -0.25) is 0 Å². The normalized spacial score (nSPS) is 16.3. The molecule has 0 N–H and O–H groups in total. The van der Waals surface area contributed by atoms with Crippen LogP contribution in [0.3, 0.4) is 0 Å². The molecular formula is C15H14BrClO. The molecule has 0 radical (unpaired) electrons. The molecule has 1 nitrogen and oxygen atoms in total. The first kappa shape index (κ1) is 12.3. The van der Waals surface area contributed by atoms with E-state index < -0.39 is 0 Å². The van der Waals surface area contributed by atoms with Crippen molar-refractivity contribution in [3.8, 4) is 0 Å². The highest BCUT2D eigenvalue weighted by Crippen LogP contribution is 2.35. The molecule has 1 aromatic heterocycles. The van der Waals surface area contributed by atoms with E-state index in [-0.39, 0.29) is 4.83 Å². The Morgan fingerprint density at radius 2 is 1.83 bits per heavy atom. The number of furan rings is 1. The van der Waals surface area contributed by atoms with Crippen LogP contribution in [0, 0.1) is 0 Å². The highest BCUT2D eigenvalue weighted by molar-refractivity contribution is 9.09. The first-order valence-corrected chi connectivity index (χ1v) is 7.54. The van der Waals surface area contributed by atoms with Crippen LogP contribution in [0.4, 0.5) is 0 Å². The standard InChI is InChI=1S/C15H14BrClO/c16-15(13-7-8-14(17)18-13)12-6-5-10-3-1-2-4-11(10)9-12/h5-9,15H,1-4H2. The van der Waals surface area contributed by atoms with Crippen LogP contribution in [0.2, 0.25) is 5.22 Å². The average Bonchev–Trinajstić information content (AvgIpc) is 2.84. The third-order valence-electron chi connectivity index (χ3n) is 3.51. The number of fused-ring (bicyclic) bond motifs is 1. The summed E-state index contributed by atoms with van der Waals surface area (Å²) in [5, 5.41) is 0.437. The molecule has 1 aliphatic rings. The summed E-state index contributed by atoms with van der Waals surface area (Å²) in [5.74, 6) is 0.857. The van der Waals surface area contributed by atoms with E-state index in [9.17, 15) is 0 Å². The van der Waals surface area contributed by atoms with Gasteiger partial charge >= 0.3 is 0 Å². The molecule has 0 saturated carbocycles. The molecule has 1 unspecified atom stereocenters. The molecular weight excluding hydrogens is 312 g/mol. The number of hydrogen-bond acceptors (Lipinski definition) is 1.